The molecule has 2 aromatic rings. The average Bonchev–Trinajstić information content (AvgIpc) is 2.36. The highest BCUT2D eigenvalue weighted by atomic mass is 19.3. The van der Waals surface area contributed by atoms with Gasteiger partial charge >= 0.3 is 0 Å². The summed E-state index contributed by atoms with van der Waals surface area (Å²) in [7, 11) is 0. The van der Waals surface area contributed by atoms with E-state index in [1.165, 1.54) is 0 Å². The van der Waals surface area contributed by atoms with Crippen molar-refractivity contribution in [2.24, 2.45) is 5.73 Å². The van der Waals surface area contributed by atoms with Crippen molar-refractivity contribution in [1.82, 2.24) is 4.98 Å². The van der Waals surface area contributed by atoms with Gasteiger partial charge in [0.2, 0.25) is 0 Å². The van der Waals surface area contributed by atoms with Crippen LogP contribution >= 0.6 is 0 Å². The van der Waals surface area contributed by atoms with Crippen molar-refractivity contribution < 1.29 is 8.78 Å². The van der Waals surface area contributed by atoms with Crippen molar-refractivity contribution in [2.45, 2.75) is 5.92 Å². The molecule has 0 atom stereocenters. The van der Waals surface area contributed by atoms with Crippen LogP contribution in [0.5, 0.6) is 0 Å². The van der Waals surface area contributed by atoms with E-state index in [1.807, 2.05) is 30.3 Å². The first kappa shape index (κ1) is 11.7. The number of aromatic nitrogens is 1. The molecule has 0 amide bonds. The summed E-state index contributed by atoms with van der Waals surface area (Å²) in [4.78, 5) is 4.06. The van der Waals surface area contributed by atoms with Gasteiger partial charge in [-0.05, 0) is 11.5 Å². The molecule has 0 saturated carbocycles. The summed E-state index contributed by atoms with van der Waals surface area (Å²) in [5.41, 5.74) is 4.97. The fourth-order valence-electron chi connectivity index (χ4n) is 1.55. The van der Waals surface area contributed by atoms with Gasteiger partial charge in [0.05, 0.1) is 13.1 Å². The summed E-state index contributed by atoms with van der Waals surface area (Å²) in [5.74, 6) is -2.46. The van der Waals surface area contributed by atoms with Crippen LogP contribution in [0.15, 0.2) is 36.5 Å². The summed E-state index contributed by atoms with van der Waals surface area (Å²) < 4.78 is 26.0. The van der Waals surface area contributed by atoms with E-state index in [2.05, 4.69) is 10.3 Å². The van der Waals surface area contributed by atoms with Crippen LogP contribution in [-0.2, 0) is 0 Å². The third-order valence-electron chi connectivity index (χ3n) is 2.49. The van der Waals surface area contributed by atoms with Gasteiger partial charge in [0.15, 0.2) is 0 Å². The first-order chi connectivity index (χ1) is 8.12. The highest BCUT2D eigenvalue weighted by Crippen LogP contribution is 2.21. The first-order valence-electron chi connectivity index (χ1n) is 5.28. The second kappa shape index (κ2) is 4.63. The molecule has 5 heteroatoms. The lowest BCUT2D eigenvalue weighted by atomic mass is 10.1. The van der Waals surface area contributed by atoms with E-state index in [-0.39, 0.29) is 0 Å². The molecule has 3 nitrogen and oxygen atoms in total. The molecule has 0 spiro atoms. The van der Waals surface area contributed by atoms with Gasteiger partial charge < -0.3 is 11.1 Å². The van der Waals surface area contributed by atoms with Crippen LogP contribution in [0.1, 0.15) is 0 Å². The number of pyridine rings is 1. The Morgan fingerprint density at radius 3 is 2.76 bits per heavy atom. The molecule has 17 heavy (non-hydrogen) atoms. The summed E-state index contributed by atoms with van der Waals surface area (Å²) in [6, 6.07) is 9.31. The van der Waals surface area contributed by atoms with Crippen molar-refractivity contribution in [3.05, 3.63) is 36.5 Å². The second-order valence-electron chi connectivity index (χ2n) is 3.79. The van der Waals surface area contributed by atoms with Crippen LogP contribution in [0.2, 0.25) is 0 Å². The van der Waals surface area contributed by atoms with Gasteiger partial charge in [-0.2, -0.15) is 0 Å². The van der Waals surface area contributed by atoms with Gasteiger partial charge in [0, 0.05) is 11.6 Å². The van der Waals surface area contributed by atoms with Gasteiger partial charge in [0.25, 0.3) is 5.92 Å². The highest BCUT2D eigenvalue weighted by molar-refractivity contribution is 5.91. The molecule has 2 rings (SSSR count). The third-order valence-corrected chi connectivity index (χ3v) is 2.49. The predicted octanol–water partition coefficient (Wildman–Crippen LogP) is 2.24. The molecule has 1 aromatic heterocycles. The fourth-order valence-corrected chi connectivity index (χ4v) is 1.55. The van der Waals surface area contributed by atoms with Gasteiger partial charge in [-0.25, -0.2) is 13.8 Å². The smallest absolute Gasteiger partial charge is 0.276 e. The van der Waals surface area contributed by atoms with Crippen LogP contribution in [-0.4, -0.2) is 24.0 Å². The molecular weight excluding hydrogens is 224 g/mol. The number of halogens is 2. The monoisotopic (exact) mass is 237 g/mol. The molecule has 0 aliphatic heterocycles. The molecule has 1 aromatic carbocycles. The van der Waals surface area contributed by atoms with E-state index in [1.54, 1.807) is 6.20 Å². The lowest BCUT2D eigenvalue weighted by Gasteiger charge is -2.15. The Bertz CT molecular complexity index is 509. The molecule has 1 heterocycles. The zero-order valence-electron chi connectivity index (χ0n) is 9.16. The lowest BCUT2D eigenvalue weighted by molar-refractivity contribution is 0.0253. The molecule has 0 fully saturated rings. The SMILES string of the molecule is NCC(F)(F)CNc1nccc2ccccc12. The maximum Gasteiger partial charge on any atom is 0.276 e. The van der Waals surface area contributed by atoms with Crippen molar-refractivity contribution in [3.63, 3.8) is 0 Å². The van der Waals surface area contributed by atoms with Gasteiger partial charge in [-0.1, -0.05) is 24.3 Å². The van der Waals surface area contributed by atoms with Crippen molar-refractivity contribution in [1.29, 1.82) is 0 Å². The van der Waals surface area contributed by atoms with Crippen molar-refractivity contribution in [3.8, 4) is 0 Å². The standard InChI is InChI=1S/C12H13F2N3/c13-12(14,7-15)8-17-11-10-4-2-1-3-9(10)5-6-16-11/h1-6H,7-8,15H2,(H,16,17). The summed E-state index contributed by atoms with van der Waals surface area (Å²) in [6.45, 7) is -1.19. The molecule has 0 saturated heterocycles. The molecule has 90 valence electrons. The number of nitrogens with zero attached hydrogens (tertiary/aromatic N) is 1. The quantitative estimate of drug-likeness (QED) is 0.857. The van der Waals surface area contributed by atoms with E-state index in [0.717, 1.165) is 10.8 Å². The number of alkyl halides is 2. The van der Waals surface area contributed by atoms with Crippen LogP contribution in [0.4, 0.5) is 14.6 Å². The Morgan fingerprint density at radius 1 is 1.24 bits per heavy atom. The second-order valence-corrected chi connectivity index (χ2v) is 3.79. The first-order valence-corrected chi connectivity index (χ1v) is 5.28. The van der Waals surface area contributed by atoms with Crippen LogP contribution < -0.4 is 11.1 Å². The highest BCUT2D eigenvalue weighted by Gasteiger charge is 2.26. The summed E-state index contributed by atoms with van der Waals surface area (Å²) in [5, 5.41) is 4.42. The van der Waals surface area contributed by atoms with Crippen molar-refractivity contribution >= 4 is 16.6 Å². The molecule has 0 bridgehead atoms. The maximum atomic E-state index is 13.0. The normalized spacial score (nSPS) is 11.7. The number of benzene rings is 1. The number of hydrogen-bond acceptors (Lipinski definition) is 3. The Kier molecular flexibility index (Phi) is 3.19. The number of nitrogens with one attached hydrogen (secondary N) is 1. The van der Waals surface area contributed by atoms with E-state index in [4.69, 9.17) is 5.73 Å². The zero-order valence-corrected chi connectivity index (χ0v) is 9.16. The van der Waals surface area contributed by atoms with Gasteiger partial charge in [-0.3, -0.25) is 0 Å². The van der Waals surface area contributed by atoms with Crippen molar-refractivity contribution in [2.75, 3.05) is 18.4 Å². The average molecular weight is 237 g/mol. The molecule has 0 radical (unpaired) electrons. The zero-order chi connectivity index (χ0) is 12.3. The van der Waals surface area contributed by atoms with E-state index in [9.17, 15) is 8.78 Å². The summed E-state index contributed by atoms with van der Waals surface area (Å²) >= 11 is 0. The Hall–Kier alpha value is -1.75. The minimum absolute atomic E-state index is 0.455. The maximum absolute atomic E-state index is 13.0. The molecule has 3 N–H and O–H groups in total. The Labute approximate surface area is 97.6 Å². The van der Waals surface area contributed by atoms with Crippen LogP contribution in [0, 0.1) is 0 Å². The predicted molar refractivity (Wildman–Crippen MR) is 64.2 cm³/mol. The Balaban J connectivity index is 2.24. The minimum atomic E-state index is -2.92. The van der Waals surface area contributed by atoms with E-state index in [0.29, 0.717) is 5.82 Å². The number of nitrogens with two attached hydrogens (primary N) is 1. The van der Waals surface area contributed by atoms with E-state index >= 15 is 0 Å². The minimum Gasteiger partial charge on any atom is -0.363 e. The van der Waals surface area contributed by atoms with Gasteiger partial charge in [0.1, 0.15) is 5.82 Å². The van der Waals surface area contributed by atoms with Crippen LogP contribution in [0.25, 0.3) is 10.8 Å². The number of fused-ring (bicyclic) bond motifs is 1. The molecule has 0 unspecified atom stereocenters. The molecular formula is C12H13F2N3. The van der Waals surface area contributed by atoms with E-state index < -0.39 is 19.0 Å². The summed E-state index contributed by atoms with van der Waals surface area (Å²) in [6.07, 6.45) is 1.59. The molecule has 0 aliphatic carbocycles. The lowest BCUT2D eigenvalue weighted by Crippen LogP contribution is -2.35. The topological polar surface area (TPSA) is 50.9 Å². The number of hydrogen-bond donors (Lipinski definition) is 2. The molecule has 0 aliphatic rings. The Morgan fingerprint density at radius 2 is 2.00 bits per heavy atom. The van der Waals surface area contributed by atoms with Gasteiger partial charge in [-0.15, -0.1) is 0 Å². The fraction of sp³-hybridized carbons (Fsp3) is 0.250. The third kappa shape index (κ3) is 2.68. The number of rotatable bonds is 4. The van der Waals surface area contributed by atoms with Crippen LogP contribution in [0.3, 0.4) is 0 Å². The number of anilines is 1. The largest absolute Gasteiger partial charge is 0.363 e.